The molecule has 0 aliphatic carbocycles. The van der Waals surface area contributed by atoms with Crippen LogP contribution in [0.1, 0.15) is 25.3 Å². The standard InChI is InChI=1S/C14H18BrF3N2/c1-2-7-20(11-5-6-19-9-11)13-4-3-10(15)8-12(13)14(16,17)18/h3-4,8,11,19H,2,5-7,9H2,1H3. The van der Waals surface area contributed by atoms with Crippen molar-refractivity contribution < 1.29 is 13.2 Å². The zero-order chi connectivity index (χ0) is 14.8. The molecule has 1 unspecified atom stereocenters. The van der Waals surface area contributed by atoms with Crippen molar-refractivity contribution in [1.82, 2.24) is 5.32 Å². The van der Waals surface area contributed by atoms with Gasteiger partial charge in [0.2, 0.25) is 0 Å². The molecule has 0 bridgehead atoms. The maximum absolute atomic E-state index is 13.3. The molecular formula is C14H18BrF3N2. The topological polar surface area (TPSA) is 15.3 Å². The SMILES string of the molecule is CCCN(c1ccc(Br)cc1C(F)(F)F)C1CCNC1. The Kier molecular flexibility index (Phi) is 4.96. The minimum Gasteiger partial charge on any atom is -0.367 e. The Morgan fingerprint density at radius 1 is 1.40 bits per heavy atom. The lowest BCUT2D eigenvalue weighted by Gasteiger charge is -2.32. The summed E-state index contributed by atoms with van der Waals surface area (Å²) in [5, 5.41) is 3.22. The molecule has 0 spiro atoms. The number of alkyl halides is 3. The van der Waals surface area contributed by atoms with Crippen LogP contribution in [0.15, 0.2) is 22.7 Å². The van der Waals surface area contributed by atoms with Crippen LogP contribution in [0.2, 0.25) is 0 Å². The van der Waals surface area contributed by atoms with Crippen molar-refractivity contribution in [2.75, 3.05) is 24.5 Å². The molecule has 20 heavy (non-hydrogen) atoms. The second kappa shape index (κ2) is 6.35. The Bertz CT molecular complexity index is 456. The zero-order valence-electron chi connectivity index (χ0n) is 11.3. The van der Waals surface area contributed by atoms with Crippen molar-refractivity contribution in [3.8, 4) is 0 Å². The molecule has 1 aliphatic heterocycles. The maximum Gasteiger partial charge on any atom is 0.418 e. The van der Waals surface area contributed by atoms with Gasteiger partial charge in [-0.3, -0.25) is 0 Å². The van der Waals surface area contributed by atoms with Gasteiger partial charge in [0, 0.05) is 29.3 Å². The third kappa shape index (κ3) is 3.47. The van der Waals surface area contributed by atoms with Crippen molar-refractivity contribution in [3.05, 3.63) is 28.2 Å². The fourth-order valence-electron chi connectivity index (χ4n) is 2.63. The molecule has 0 aromatic heterocycles. The Morgan fingerprint density at radius 2 is 2.15 bits per heavy atom. The van der Waals surface area contributed by atoms with E-state index in [0.29, 0.717) is 11.0 Å². The first-order chi connectivity index (χ1) is 9.43. The van der Waals surface area contributed by atoms with Gasteiger partial charge in [-0.2, -0.15) is 13.2 Å². The van der Waals surface area contributed by atoms with Crippen LogP contribution in [0, 0.1) is 0 Å². The van der Waals surface area contributed by atoms with Gasteiger partial charge in [0.05, 0.1) is 5.56 Å². The summed E-state index contributed by atoms with van der Waals surface area (Å²) >= 11 is 3.13. The molecule has 1 fully saturated rings. The number of rotatable bonds is 4. The van der Waals surface area contributed by atoms with E-state index in [-0.39, 0.29) is 11.7 Å². The molecule has 2 nitrogen and oxygen atoms in total. The van der Waals surface area contributed by atoms with E-state index < -0.39 is 11.7 Å². The van der Waals surface area contributed by atoms with Gasteiger partial charge < -0.3 is 10.2 Å². The van der Waals surface area contributed by atoms with Crippen molar-refractivity contribution in [2.45, 2.75) is 32.0 Å². The zero-order valence-corrected chi connectivity index (χ0v) is 12.9. The van der Waals surface area contributed by atoms with E-state index in [1.807, 2.05) is 11.8 Å². The molecule has 1 aliphatic rings. The van der Waals surface area contributed by atoms with E-state index in [4.69, 9.17) is 0 Å². The largest absolute Gasteiger partial charge is 0.418 e. The predicted octanol–water partition coefficient (Wildman–Crippen LogP) is 4.05. The van der Waals surface area contributed by atoms with Gasteiger partial charge in [-0.1, -0.05) is 22.9 Å². The second-order valence-corrected chi connectivity index (χ2v) is 5.91. The van der Waals surface area contributed by atoms with E-state index in [2.05, 4.69) is 21.2 Å². The summed E-state index contributed by atoms with van der Waals surface area (Å²) in [7, 11) is 0. The molecule has 1 heterocycles. The van der Waals surface area contributed by atoms with Crippen LogP contribution in [-0.4, -0.2) is 25.7 Å². The Labute approximate surface area is 125 Å². The number of hydrogen-bond donors (Lipinski definition) is 1. The van der Waals surface area contributed by atoms with E-state index in [1.165, 1.54) is 6.07 Å². The molecule has 1 aromatic rings. The van der Waals surface area contributed by atoms with Gasteiger partial charge in [0.15, 0.2) is 0 Å². The van der Waals surface area contributed by atoms with Crippen molar-refractivity contribution in [2.24, 2.45) is 0 Å². The third-order valence-corrected chi connectivity index (χ3v) is 4.01. The fraction of sp³-hybridized carbons (Fsp3) is 0.571. The van der Waals surface area contributed by atoms with Gasteiger partial charge in [-0.05, 0) is 37.6 Å². The van der Waals surface area contributed by atoms with Crippen LogP contribution in [0.4, 0.5) is 18.9 Å². The van der Waals surface area contributed by atoms with Gasteiger partial charge in [0.1, 0.15) is 0 Å². The minimum atomic E-state index is -4.34. The van der Waals surface area contributed by atoms with E-state index in [9.17, 15) is 13.2 Å². The number of halogens is 4. The van der Waals surface area contributed by atoms with E-state index >= 15 is 0 Å². The van der Waals surface area contributed by atoms with Crippen molar-refractivity contribution in [3.63, 3.8) is 0 Å². The van der Waals surface area contributed by atoms with Crippen molar-refractivity contribution >= 4 is 21.6 Å². The first-order valence-corrected chi connectivity index (χ1v) is 7.57. The molecular weight excluding hydrogens is 333 g/mol. The summed E-state index contributed by atoms with van der Waals surface area (Å²) in [6.45, 7) is 4.23. The normalized spacial score (nSPS) is 19.4. The van der Waals surface area contributed by atoms with Crippen LogP contribution in [-0.2, 0) is 6.18 Å². The van der Waals surface area contributed by atoms with E-state index in [1.54, 1.807) is 12.1 Å². The van der Waals surface area contributed by atoms with Gasteiger partial charge in [-0.25, -0.2) is 0 Å². The average Bonchev–Trinajstić information content (AvgIpc) is 2.89. The second-order valence-electron chi connectivity index (χ2n) is 5.00. The highest BCUT2D eigenvalue weighted by atomic mass is 79.9. The van der Waals surface area contributed by atoms with E-state index in [0.717, 1.165) is 25.9 Å². The number of benzene rings is 1. The van der Waals surface area contributed by atoms with Crippen LogP contribution in [0.5, 0.6) is 0 Å². The number of nitrogens with zero attached hydrogens (tertiary/aromatic N) is 1. The summed E-state index contributed by atoms with van der Waals surface area (Å²) in [6.07, 6.45) is -2.63. The lowest BCUT2D eigenvalue weighted by atomic mass is 10.1. The first kappa shape index (κ1) is 15.6. The molecule has 1 atom stereocenters. The number of anilines is 1. The summed E-state index contributed by atoms with van der Waals surface area (Å²) < 4.78 is 40.2. The monoisotopic (exact) mass is 350 g/mol. The highest BCUT2D eigenvalue weighted by Crippen LogP contribution is 2.39. The lowest BCUT2D eigenvalue weighted by molar-refractivity contribution is -0.137. The van der Waals surface area contributed by atoms with Crippen LogP contribution >= 0.6 is 15.9 Å². The predicted molar refractivity (Wildman–Crippen MR) is 78.1 cm³/mol. The Morgan fingerprint density at radius 3 is 2.70 bits per heavy atom. The molecule has 2 rings (SSSR count). The third-order valence-electron chi connectivity index (χ3n) is 3.51. The summed E-state index contributed by atoms with van der Waals surface area (Å²) in [6, 6.07) is 4.55. The van der Waals surface area contributed by atoms with Crippen molar-refractivity contribution in [1.29, 1.82) is 0 Å². The molecule has 0 saturated carbocycles. The van der Waals surface area contributed by atoms with Crippen LogP contribution in [0.25, 0.3) is 0 Å². The molecule has 1 aromatic carbocycles. The van der Waals surface area contributed by atoms with Crippen LogP contribution < -0.4 is 10.2 Å². The van der Waals surface area contributed by atoms with Crippen LogP contribution in [0.3, 0.4) is 0 Å². The minimum absolute atomic E-state index is 0.136. The maximum atomic E-state index is 13.3. The first-order valence-electron chi connectivity index (χ1n) is 6.77. The van der Waals surface area contributed by atoms with Gasteiger partial charge in [0.25, 0.3) is 0 Å². The molecule has 0 radical (unpaired) electrons. The average molecular weight is 351 g/mol. The summed E-state index contributed by atoms with van der Waals surface area (Å²) in [5.74, 6) is 0. The molecule has 6 heteroatoms. The molecule has 1 N–H and O–H groups in total. The quantitative estimate of drug-likeness (QED) is 0.881. The van der Waals surface area contributed by atoms with Gasteiger partial charge in [-0.15, -0.1) is 0 Å². The number of nitrogens with one attached hydrogen (secondary N) is 1. The number of hydrogen-bond acceptors (Lipinski definition) is 2. The Hall–Kier alpha value is -0.750. The van der Waals surface area contributed by atoms with Gasteiger partial charge >= 0.3 is 6.18 Å². The lowest BCUT2D eigenvalue weighted by Crippen LogP contribution is -2.38. The molecule has 0 amide bonds. The molecule has 112 valence electrons. The molecule has 1 saturated heterocycles. The summed E-state index contributed by atoms with van der Waals surface area (Å²) in [4.78, 5) is 1.90. The highest BCUT2D eigenvalue weighted by Gasteiger charge is 2.36. The Balaban J connectivity index is 2.41. The highest BCUT2D eigenvalue weighted by molar-refractivity contribution is 9.10. The smallest absolute Gasteiger partial charge is 0.367 e. The summed E-state index contributed by atoms with van der Waals surface area (Å²) in [5.41, 5.74) is -0.275. The fourth-order valence-corrected chi connectivity index (χ4v) is 2.99.